The summed E-state index contributed by atoms with van der Waals surface area (Å²) in [5.74, 6) is 0.700. The number of rotatable bonds is 5. The van der Waals surface area contributed by atoms with Crippen molar-refractivity contribution < 1.29 is 9.21 Å². The van der Waals surface area contributed by atoms with Gasteiger partial charge in [-0.05, 0) is 43.4 Å². The molecule has 6 heteroatoms. The molecule has 0 saturated heterocycles. The highest BCUT2D eigenvalue weighted by Crippen LogP contribution is 2.34. The molecule has 1 saturated carbocycles. The zero-order valence-corrected chi connectivity index (χ0v) is 12.9. The van der Waals surface area contributed by atoms with Crippen molar-refractivity contribution in [1.82, 2.24) is 9.97 Å². The van der Waals surface area contributed by atoms with Gasteiger partial charge in [-0.1, -0.05) is 6.07 Å². The Kier molecular flexibility index (Phi) is 3.18. The third kappa shape index (κ3) is 2.74. The van der Waals surface area contributed by atoms with E-state index >= 15 is 0 Å². The predicted molar refractivity (Wildman–Crippen MR) is 85.8 cm³/mol. The van der Waals surface area contributed by atoms with Crippen molar-refractivity contribution in [3.05, 3.63) is 34.8 Å². The zero-order valence-electron chi connectivity index (χ0n) is 12.1. The van der Waals surface area contributed by atoms with Crippen LogP contribution in [0.2, 0.25) is 0 Å². The Morgan fingerprint density at radius 3 is 3.09 bits per heavy atom. The maximum Gasteiger partial charge on any atom is 0.302 e. The van der Waals surface area contributed by atoms with Crippen LogP contribution in [0.25, 0.3) is 11.1 Å². The molecule has 1 N–H and O–H groups in total. The van der Waals surface area contributed by atoms with Crippen LogP contribution in [0.15, 0.2) is 28.0 Å². The smallest absolute Gasteiger partial charge is 0.302 e. The summed E-state index contributed by atoms with van der Waals surface area (Å²) in [6.07, 6.45) is 2.96. The molecule has 3 aromatic rings. The molecule has 2 heterocycles. The minimum Gasteiger partial charge on any atom is -0.423 e. The number of carbonyl (C=O) groups is 1. The van der Waals surface area contributed by atoms with Gasteiger partial charge in [0.1, 0.15) is 11.2 Å². The normalized spacial score (nSPS) is 14.4. The van der Waals surface area contributed by atoms with Crippen LogP contribution in [0.5, 0.6) is 0 Å². The number of anilines is 2. The Balaban J connectivity index is 1.52. The maximum atomic E-state index is 12.0. The van der Waals surface area contributed by atoms with Crippen LogP contribution in [-0.4, -0.2) is 15.8 Å². The summed E-state index contributed by atoms with van der Waals surface area (Å²) in [6.45, 7) is 2.01. The second-order valence-corrected chi connectivity index (χ2v) is 6.58. The number of nitrogens with zero attached hydrogens (tertiary/aromatic N) is 2. The summed E-state index contributed by atoms with van der Waals surface area (Å²) in [5, 5.41) is 5.45. The molecule has 0 amide bonds. The highest BCUT2D eigenvalue weighted by atomic mass is 32.1. The number of aryl methyl sites for hydroxylation is 1. The van der Waals surface area contributed by atoms with Gasteiger partial charge in [0.25, 0.3) is 0 Å². The number of thiazole rings is 1. The number of aromatic nitrogens is 2. The van der Waals surface area contributed by atoms with Gasteiger partial charge in [-0.25, -0.2) is 4.98 Å². The lowest BCUT2D eigenvalue weighted by Gasteiger charge is -1.95. The molecular formula is C16H15N3O2S. The predicted octanol–water partition coefficient (Wildman–Crippen LogP) is 4.32. The monoisotopic (exact) mass is 313 g/mol. The van der Waals surface area contributed by atoms with E-state index in [4.69, 9.17) is 4.42 Å². The molecule has 0 spiro atoms. The molecule has 1 aliphatic rings. The first kappa shape index (κ1) is 13.5. The average molecular weight is 313 g/mol. The molecule has 1 fully saturated rings. The summed E-state index contributed by atoms with van der Waals surface area (Å²) in [4.78, 5) is 20.7. The van der Waals surface area contributed by atoms with Gasteiger partial charge in [-0.15, -0.1) is 11.3 Å². The molecule has 22 heavy (non-hydrogen) atoms. The van der Waals surface area contributed by atoms with Crippen molar-refractivity contribution in [2.45, 2.75) is 26.2 Å². The number of fused-ring (bicyclic) bond motifs is 1. The lowest BCUT2D eigenvalue weighted by atomic mass is 10.2. The Hall–Kier alpha value is -2.21. The Bertz CT molecular complexity index is 848. The quantitative estimate of drug-likeness (QED) is 0.710. The number of Topliss-reactive ketones (excluding diaryl/α,β-unsaturated/α-hetero) is 1. The van der Waals surface area contributed by atoms with Gasteiger partial charge in [0.2, 0.25) is 0 Å². The number of hydrogen-bond donors (Lipinski definition) is 1. The summed E-state index contributed by atoms with van der Waals surface area (Å²) in [5.41, 5.74) is 3.20. The van der Waals surface area contributed by atoms with Crippen LogP contribution in [0.3, 0.4) is 0 Å². The highest BCUT2D eigenvalue weighted by molar-refractivity contribution is 7.14. The third-order valence-electron chi connectivity index (χ3n) is 3.72. The van der Waals surface area contributed by atoms with Gasteiger partial charge < -0.3 is 4.42 Å². The zero-order chi connectivity index (χ0) is 15.1. The van der Waals surface area contributed by atoms with Gasteiger partial charge in [-0.2, -0.15) is 4.98 Å². The number of ketones is 1. The van der Waals surface area contributed by atoms with Crippen LogP contribution in [0.1, 0.15) is 35.3 Å². The second kappa shape index (κ2) is 5.21. The van der Waals surface area contributed by atoms with Crippen molar-refractivity contribution in [2.75, 3.05) is 5.32 Å². The van der Waals surface area contributed by atoms with Crippen molar-refractivity contribution in [3.63, 3.8) is 0 Å². The Morgan fingerprint density at radius 2 is 2.27 bits per heavy atom. The number of nitrogens with one attached hydrogen (secondary N) is 1. The van der Waals surface area contributed by atoms with E-state index in [-0.39, 0.29) is 5.78 Å². The van der Waals surface area contributed by atoms with Gasteiger partial charge in [0, 0.05) is 11.8 Å². The Morgan fingerprint density at radius 1 is 1.41 bits per heavy atom. The SMILES string of the molecule is Cc1ccc2nc(Nc3nc(C(=O)CC4CC4)cs3)oc2c1. The van der Waals surface area contributed by atoms with Gasteiger partial charge in [0.05, 0.1) is 0 Å². The van der Waals surface area contributed by atoms with Crippen molar-refractivity contribution in [1.29, 1.82) is 0 Å². The highest BCUT2D eigenvalue weighted by Gasteiger charge is 2.26. The molecule has 2 aromatic heterocycles. The number of carbonyl (C=O) groups excluding carboxylic acids is 1. The first-order valence-electron chi connectivity index (χ1n) is 7.30. The Labute approximate surface area is 131 Å². The molecule has 5 nitrogen and oxygen atoms in total. The van der Waals surface area contributed by atoms with Gasteiger partial charge >= 0.3 is 6.01 Å². The van der Waals surface area contributed by atoms with E-state index in [0.717, 1.165) is 16.7 Å². The van der Waals surface area contributed by atoms with E-state index in [1.165, 1.54) is 24.2 Å². The second-order valence-electron chi connectivity index (χ2n) is 5.72. The summed E-state index contributed by atoms with van der Waals surface area (Å²) in [6, 6.07) is 6.26. The van der Waals surface area contributed by atoms with E-state index in [1.54, 1.807) is 5.38 Å². The molecule has 0 radical (unpaired) electrons. The molecule has 1 aliphatic carbocycles. The van der Waals surface area contributed by atoms with Crippen molar-refractivity contribution in [3.8, 4) is 0 Å². The average Bonchev–Trinajstić information content (AvgIpc) is 3.03. The molecule has 112 valence electrons. The standard InChI is InChI=1S/C16H15N3O2S/c1-9-2-5-11-14(6-9)21-15(17-11)19-16-18-12(8-22-16)13(20)7-10-3-4-10/h2,5-6,8,10H,3-4,7H2,1H3,(H,17,18,19). The van der Waals surface area contributed by atoms with E-state index in [2.05, 4.69) is 15.3 Å². The molecule has 4 rings (SSSR count). The molecule has 0 atom stereocenters. The molecule has 0 bridgehead atoms. The van der Waals surface area contributed by atoms with E-state index in [1.807, 2.05) is 25.1 Å². The fraction of sp³-hybridized carbons (Fsp3) is 0.312. The first-order valence-corrected chi connectivity index (χ1v) is 8.18. The van der Waals surface area contributed by atoms with Crippen LogP contribution in [0, 0.1) is 12.8 Å². The number of benzene rings is 1. The molecule has 1 aromatic carbocycles. The van der Waals surface area contributed by atoms with Crippen LogP contribution in [0.4, 0.5) is 11.1 Å². The minimum absolute atomic E-state index is 0.125. The lowest BCUT2D eigenvalue weighted by Crippen LogP contribution is -2.00. The number of hydrogen-bond acceptors (Lipinski definition) is 6. The topological polar surface area (TPSA) is 68.0 Å². The summed E-state index contributed by atoms with van der Waals surface area (Å²) in [7, 11) is 0. The molecule has 0 aliphatic heterocycles. The number of oxazole rings is 1. The van der Waals surface area contributed by atoms with Gasteiger partial charge in [0.15, 0.2) is 16.5 Å². The van der Waals surface area contributed by atoms with E-state index in [9.17, 15) is 4.79 Å². The van der Waals surface area contributed by atoms with Crippen molar-refractivity contribution in [2.24, 2.45) is 5.92 Å². The fourth-order valence-electron chi connectivity index (χ4n) is 2.32. The lowest BCUT2D eigenvalue weighted by molar-refractivity contribution is 0.0972. The molecule has 0 unspecified atom stereocenters. The molecular weight excluding hydrogens is 298 g/mol. The van der Waals surface area contributed by atoms with Crippen LogP contribution < -0.4 is 5.32 Å². The van der Waals surface area contributed by atoms with E-state index < -0.39 is 0 Å². The largest absolute Gasteiger partial charge is 0.423 e. The maximum absolute atomic E-state index is 12.0. The van der Waals surface area contributed by atoms with E-state index in [0.29, 0.717) is 29.2 Å². The van der Waals surface area contributed by atoms with Crippen LogP contribution >= 0.6 is 11.3 Å². The summed E-state index contributed by atoms with van der Waals surface area (Å²) < 4.78 is 5.66. The van der Waals surface area contributed by atoms with Crippen LogP contribution in [-0.2, 0) is 0 Å². The van der Waals surface area contributed by atoms with Crippen molar-refractivity contribution >= 4 is 39.4 Å². The van der Waals surface area contributed by atoms with Gasteiger partial charge in [-0.3, -0.25) is 10.1 Å². The summed E-state index contributed by atoms with van der Waals surface area (Å²) >= 11 is 1.39. The third-order valence-corrected chi connectivity index (χ3v) is 4.48. The minimum atomic E-state index is 0.125. The first-order chi connectivity index (χ1) is 10.7. The fourth-order valence-corrected chi connectivity index (χ4v) is 3.03.